The van der Waals surface area contributed by atoms with Crippen LogP contribution in [0.3, 0.4) is 0 Å². The van der Waals surface area contributed by atoms with Gasteiger partial charge >= 0.3 is 0 Å². The number of benzene rings is 2. The molecule has 0 aliphatic rings. The number of hydrogen-bond acceptors (Lipinski definition) is 6. The number of sulfonamides is 1. The minimum absolute atomic E-state index is 0.0232. The van der Waals surface area contributed by atoms with Crippen LogP contribution in [-0.2, 0) is 16.6 Å². The molecule has 2 aromatic carbocycles. The summed E-state index contributed by atoms with van der Waals surface area (Å²) in [4.78, 5) is 16.6. The van der Waals surface area contributed by atoms with Gasteiger partial charge in [-0.2, -0.15) is 0 Å². The highest BCUT2D eigenvalue weighted by molar-refractivity contribution is 7.92. The van der Waals surface area contributed by atoms with E-state index < -0.39 is 15.9 Å². The smallest absolute Gasteiger partial charge is 0.261 e. The van der Waals surface area contributed by atoms with Crippen LogP contribution in [-0.4, -0.2) is 33.5 Å². The second-order valence-corrected chi connectivity index (χ2v) is 7.90. The van der Waals surface area contributed by atoms with Crippen LogP contribution >= 0.6 is 0 Å². The maximum absolute atomic E-state index is 12.7. The molecular weight excluding hydrogens is 406 g/mol. The number of nitrogens with one attached hydrogen (secondary N) is 2. The lowest BCUT2D eigenvalue weighted by atomic mass is 10.2. The van der Waals surface area contributed by atoms with E-state index in [9.17, 15) is 13.2 Å². The minimum atomic E-state index is -3.87. The Labute approximate surface area is 174 Å². The van der Waals surface area contributed by atoms with Crippen molar-refractivity contribution in [1.29, 1.82) is 0 Å². The molecule has 1 heterocycles. The molecule has 8 nitrogen and oxygen atoms in total. The molecule has 3 rings (SSSR count). The van der Waals surface area contributed by atoms with Crippen molar-refractivity contribution < 1.29 is 22.7 Å². The summed E-state index contributed by atoms with van der Waals surface area (Å²) >= 11 is 0. The first-order chi connectivity index (χ1) is 14.4. The van der Waals surface area contributed by atoms with E-state index in [0.29, 0.717) is 22.9 Å². The van der Waals surface area contributed by atoms with E-state index in [1.165, 1.54) is 32.4 Å². The quantitative estimate of drug-likeness (QED) is 0.573. The second kappa shape index (κ2) is 9.27. The molecule has 30 heavy (non-hydrogen) atoms. The summed E-state index contributed by atoms with van der Waals surface area (Å²) in [5, 5.41) is 2.74. The van der Waals surface area contributed by atoms with E-state index in [1.807, 2.05) is 0 Å². The van der Waals surface area contributed by atoms with Gasteiger partial charge in [0.15, 0.2) is 0 Å². The van der Waals surface area contributed by atoms with Gasteiger partial charge in [-0.1, -0.05) is 12.1 Å². The number of methoxy groups -OCH3 is 2. The number of rotatable bonds is 8. The van der Waals surface area contributed by atoms with Crippen molar-refractivity contribution >= 4 is 21.6 Å². The first-order valence-corrected chi connectivity index (χ1v) is 10.4. The highest BCUT2D eigenvalue weighted by atomic mass is 32.2. The van der Waals surface area contributed by atoms with Gasteiger partial charge in [-0.25, -0.2) is 13.4 Å². The molecule has 0 unspecified atom stereocenters. The molecule has 1 aromatic heterocycles. The van der Waals surface area contributed by atoms with Crippen LogP contribution in [0.15, 0.2) is 71.8 Å². The Morgan fingerprint density at radius 2 is 1.77 bits per heavy atom. The van der Waals surface area contributed by atoms with Crippen LogP contribution in [0, 0.1) is 0 Å². The third-order valence-electron chi connectivity index (χ3n) is 4.23. The van der Waals surface area contributed by atoms with Crippen LogP contribution in [0.5, 0.6) is 11.6 Å². The first-order valence-electron chi connectivity index (χ1n) is 8.96. The average Bonchev–Trinajstić information content (AvgIpc) is 2.78. The van der Waals surface area contributed by atoms with Crippen LogP contribution < -0.4 is 19.5 Å². The lowest BCUT2D eigenvalue weighted by Gasteiger charge is -2.11. The summed E-state index contributed by atoms with van der Waals surface area (Å²) in [5.74, 6) is 0.613. The topological polar surface area (TPSA) is 107 Å². The van der Waals surface area contributed by atoms with Crippen molar-refractivity contribution in [1.82, 2.24) is 10.3 Å². The summed E-state index contributed by atoms with van der Waals surface area (Å²) in [6, 6.07) is 15.8. The molecule has 0 radical (unpaired) electrons. The monoisotopic (exact) mass is 427 g/mol. The van der Waals surface area contributed by atoms with Crippen LogP contribution in [0.4, 0.5) is 5.69 Å². The maximum atomic E-state index is 12.7. The standard InChI is InChI=1S/C21H21N3O5S/c1-28-18-10-8-17(9-11-18)24-30(26,27)19-7-3-5-15(13-19)20(25)23-14-16-6-4-12-22-21(16)29-2/h3-13,24H,14H2,1-2H3,(H,23,25). The van der Waals surface area contributed by atoms with E-state index in [4.69, 9.17) is 9.47 Å². The molecular formula is C21H21N3O5S. The van der Waals surface area contributed by atoms with Gasteiger partial charge < -0.3 is 14.8 Å². The number of carbonyl (C=O) groups excluding carboxylic acids is 1. The lowest BCUT2D eigenvalue weighted by Crippen LogP contribution is -2.23. The fraction of sp³-hybridized carbons (Fsp3) is 0.143. The number of ether oxygens (including phenoxy) is 2. The first kappa shape index (κ1) is 21.1. The molecule has 0 spiro atoms. The Morgan fingerprint density at radius 3 is 2.47 bits per heavy atom. The Bertz CT molecular complexity index is 1130. The van der Waals surface area contributed by atoms with Crippen LogP contribution in [0.25, 0.3) is 0 Å². The van der Waals surface area contributed by atoms with Gasteiger partial charge in [-0.15, -0.1) is 0 Å². The Morgan fingerprint density at radius 1 is 1.00 bits per heavy atom. The summed E-state index contributed by atoms with van der Waals surface area (Å²) in [6.07, 6.45) is 1.59. The van der Waals surface area contributed by atoms with Crippen molar-refractivity contribution in [2.24, 2.45) is 0 Å². The lowest BCUT2D eigenvalue weighted by molar-refractivity contribution is 0.0950. The van der Waals surface area contributed by atoms with Crippen molar-refractivity contribution in [3.05, 3.63) is 78.0 Å². The van der Waals surface area contributed by atoms with Crippen molar-refractivity contribution in [2.45, 2.75) is 11.4 Å². The van der Waals surface area contributed by atoms with E-state index in [2.05, 4.69) is 15.0 Å². The number of hydrogen-bond donors (Lipinski definition) is 2. The minimum Gasteiger partial charge on any atom is -0.497 e. The molecule has 0 saturated heterocycles. The Hall–Kier alpha value is -3.59. The number of nitrogens with zero attached hydrogens (tertiary/aromatic N) is 1. The fourth-order valence-electron chi connectivity index (χ4n) is 2.70. The summed E-state index contributed by atoms with van der Waals surface area (Å²) < 4.78 is 38.1. The van der Waals surface area contributed by atoms with Crippen molar-refractivity contribution in [3.63, 3.8) is 0 Å². The summed E-state index contributed by atoms with van der Waals surface area (Å²) in [5.41, 5.74) is 1.31. The predicted molar refractivity (Wildman–Crippen MR) is 112 cm³/mol. The zero-order valence-corrected chi connectivity index (χ0v) is 17.3. The highest BCUT2D eigenvalue weighted by Gasteiger charge is 2.17. The Kier molecular flexibility index (Phi) is 6.53. The van der Waals surface area contributed by atoms with E-state index in [1.54, 1.807) is 48.7 Å². The SMILES string of the molecule is COc1ccc(NS(=O)(=O)c2cccc(C(=O)NCc3cccnc3OC)c2)cc1. The van der Waals surface area contributed by atoms with Gasteiger partial charge in [-0.05, 0) is 48.5 Å². The molecule has 156 valence electrons. The second-order valence-electron chi connectivity index (χ2n) is 6.22. The van der Waals surface area contributed by atoms with E-state index in [-0.39, 0.29) is 17.0 Å². The summed E-state index contributed by atoms with van der Waals surface area (Å²) in [6.45, 7) is 0.191. The number of pyridine rings is 1. The number of amides is 1. The predicted octanol–water partition coefficient (Wildman–Crippen LogP) is 2.83. The molecule has 0 fully saturated rings. The van der Waals surface area contributed by atoms with Gasteiger partial charge in [0.05, 0.1) is 19.1 Å². The number of carbonyl (C=O) groups is 1. The largest absolute Gasteiger partial charge is 0.497 e. The zero-order valence-electron chi connectivity index (χ0n) is 16.5. The van der Waals surface area contributed by atoms with Gasteiger partial charge in [-0.3, -0.25) is 9.52 Å². The molecule has 3 aromatic rings. The van der Waals surface area contributed by atoms with E-state index in [0.717, 1.165) is 0 Å². The molecule has 2 N–H and O–H groups in total. The van der Waals surface area contributed by atoms with Crippen LogP contribution in [0.2, 0.25) is 0 Å². The fourth-order valence-corrected chi connectivity index (χ4v) is 3.80. The third kappa shape index (κ3) is 5.06. The molecule has 0 atom stereocenters. The molecule has 0 aliphatic carbocycles. The van der Waals surface area contributed by atoms with E-state index >= 15 is 0 Å². The molecule has 1 amide bonds. The van der Waals surface area contributed by atoms with Crippen LogP contribution in [0.1, 0.15) is 15.9 Å². The van der Waals surface area contributed by atoms with Gasteiger partial charge in [0.25, 0.3) is 15.9 Å². The average molecular weight is 427 g/mol. The van der Waals surface area contributed by atoms with Gasteiger partial charge in [0, 0.05) is 29.6 Å². The molecule has 0 bridgehead atoms. The molecule has 0 aliphatic heterocycles. The van der Waals surface area contributed by atoms with Gasteiger partial charge in [0.1, 0.15) is 5.75 Å². The highest BCUT2D eigenvalue weighted by Crippen LogP contribution is 2.20. The molecule has 0 saturated carbocycles. The Balaban J connectivity index is 1.73. The van der Waals surface area contributed by atoms with Gasteiger partial charge in [0.2, 0.25) is 5.88 Å². The number of aromatic nitrogens is 1. The molecule has 9 heteroatoms. The van der Waals surface area contributed by atoms with Crippen molar-refractivity contribution in [2.75, 3.05) is 18.9 Å². The maximum Gasteiger partial charge on any atom is 0.261 e. The third-order valence-corrected chi connectivity index (χ3v) is 5.61. The zero-order chi connectivity index (χ0) is 21.6. The summed E-state index contributed by atoms with van der Waals surface area (Å²) in [7, 11) is -0.842. The normalized spacial score (nSPS) is 10.9. The number of anilines is 1. The van der Waals surface area contributed by atoms with Crippen molar-refractivity contribution in [3.8, 4) is 11.6 Å².